The van der Waals surface area contributed by atoms with Gasteiger partial charge in [-0.25, -0.2) is 0 Å². The Morgan fingerprint density at radius 2 is 1.86 bits per heavy atom. The van der Waals surface area contributed by atoms with E-state index in [9.17, 15) is 9.90 Å². The van der Waals surface area contributed by atoms with Crippen molar-refractivity contribution >= 4 is 5.91 Å². The van der Waals surface area contributed by atoms with E-state index >= 15 is 0 Å². The van der Waals surface area contributed by atoms with Crippen molar-refractivity contribution < 1.29 is 14.3 Å². The minimum absolute atomic E-state index is 0.0841. The van der Waals surface area contributed by atoms with Crippen molar-refractivity contribution in [1.29, 1.82) is 0 Å². The summed E-state index contributed by atoms with van der Waals surface area (Å²) < 4.78 is 5.30. The summed E-state index contributed by atoms with van der Waals surface area (Å²) in [5.74, 6) is 0.476. The van der Waals surface area contributed by atoms with Gasteiger partial charge in [0.25, 0.3) is 0 Å². The molecule has 0 spiro atoms. The maximum Gasteiger partial charge on any atom is 0.231 e. The van der Waals surface area contributed by atoms with Gasteiger partial charge < -0.3 is 14.8 Å². The summed E-state index contributed by atoms with van der Waals surface area (Å²) in [5, 5.41) is 12.5. The average Bonchev–Trinajstić information content (AvgIpc) is 3.09. The van der Waals surface area contributed by atoms with Crippen molar-refractivity contribution in [2.24, 2.45) is 0 Å². The van der Waals surface area contributed by atoms with Crippen LogP contribution in [0.25, 0.3) is 0 Å². The number of amides is 1. The molecule has 1 aromatic carbocycles. The number of aliphatic hydroxyl groups excluding tert-OH is 1. The van der Waals surface area contributed by atoms with Crippen molar-refractivity contribution in [2.45, 2.75) is 38.1 Å². The number of benzene rings is 1. The van der Waals surface area contributed by atoms with E-state index in [1.165, 1.54) is 6.26 Å². The lowest BCUT2D eigenvalue weighted by atomic mass is 9.75. The molecule has 1 unspecified atom stereocenters. The highest BCUT2D eigenvalue weighted by Gasteiger charge is 2.37. The maximum absolute atomic E-state index is 12.9. The van der Waals surface area contributed by atoms with Gasteiger partial charge in [0, 0.05) is 0 Å². The minimum atomic E-state index is -0.596. The summed E-state index contributed by atoms with van der Waals surface area (Å²) in [6.07, 6.45) is 2.92. The van der Waals surface area contributed by atoms with E-state index in [0.29, 0.717) is 18.6 Å². The lowest BCUT2D eigenvalue weighted by Crippen LogP contribution is -2.45. The summed E-state index contributed by atoms with van der Waals surface area (Å²) in [6.45, 7) is 3.82. The molecule has 1 heterocycles. The van der Waals surface area contributed by atoms with Crippen LogP contribution in [0, 0.1) is 0 Å². The summed E-state index contributed by atoms with van der Waals surface area (Å²) >= 11 is 0. The molecular weight excluding hydrogens is 278 g/mol. The molecule has 0 aliphatic rings. The molecule has 0 bridgehead atoms. The maximum atomic E-state index is 12.9. The van der Waals surface area contributed by atoms with E-state index in [4.69, 9.17) is 4.42 Å². The number of nitrogens with one attached hydrogen (secondary N) is 1. The van der Waals surface area contributed by atoms with Gasteiger partial charge in [-0.3, -0.25) is 4.79 Å². The van der Waals surface area contributed by atoms with Gasteiger partial charge in [0.05, 0.1) is 18.3 Å². The minimum Gasteiger partial charge on any atom is -0.467 e. The molecular formula is C18H23NO3. The molecule has 4 nitrogen and oxygen atoms in total. The molecule has 0 saturated carbocycles. The molecule has 0 aliphatic heterocycles. The fourth-order valence-corrected chi connectivity index (χ4v) is 2.86. The van der Waals surface area contributed by atoms with E-state index in [2.05, 4.69) is 5.32 Å². The Morgan fingerprint density at radius 1 is 1.18 bits per heavy atom. The molecule has 22 heavy (non-hydrogen) atoms. The van der Waals surface area contributed by atoms with Crippen molar-refractivity contribution in [3.63, 3.8) is 0 Å². The van der Waals surface area contributed by atoms with Crippen molar-refractivity contribution in [3.05, 3.63) is 60.1 Å². The molecule has 1 amide bonds. The van der Waals surface area contributed by atoms with Crippen LogP contribution in [0.4, 0.5) is 0 Å². The molecule has 2 aromatic rings. The van der Waals surface area contributed by atoms with Crippen LogP contribution in [0.15, 0.2) is 53.1 Å². The molecule has 1 atom stereocenters. The Balaban J connectivity index is 2.27. The van der Waals surface area contributed by atoms with Gasteiger partial charge in [-0.2, -0.15) is 0 Å². The molecule has 0 radical (unpaired) electrons. The summed E-state index contributed by atoms with van der Waals surface area (Å²) in [7, 11) is 0. The van der Waals surface area contributed by atoms with Gasteiger partial charge in [0.2, 0.25) is 5.91 Å². The van der Waals surface area contributed by atoms with E-state index < -0.39 is 11.5 Å². The molecule has 2 rings (SSSR count). The second-order valence-electron chi connectivity index (χ2n) is 5.38. The van der Waals surface area contributed by atoms with Crippen molar-refractivity contribution in [3.8, 4) is 0 Å². The summed E-state index contributed by atoms with van der Waals surface area (Å²) in [5.41, 5.74) is 0.398. The molecule has 0 saturated heterocycles. The fourth-order valence-electron chi connectivity index (χ4n) is 2.86. The van der Waals surface area contributed by atoms with Crippen LogP contribution in [-0.2, 0) is 10.2 Å². The average molecular weight is 301 g/mol. The van der Waals surface area contributed by atoms with Gasteiger partial charge >= 0.3 is 0 Å². The van der Waals surface area contributed by atoms with E-state index in [1.807, 2.05) is 44.2 Å². The third kappa shape index (κ3) is 3.07. The first-order valence-electron chi connectivity index (χ1n) is 7.68. The normalized spacial score (nSPS) is 12.9. The van der Waals surface area contributed by atoms with Gasteiger partial charge in [-0.1, -0.05) is 44.2 Å². The Kier molecular flexibility index (Phi) is 5.39. The number of carbonyl (C=O) groups is 1. The summed E-state index contributed by atoms with van der Waals surface area (Å²) in [4.78, 5) is 12.9. The quantitative estimate of drug-likeness (QED) is 0.825. The van der Waals surface area contributed by atoms with Crippen LogP contribution in [0.5, 0.6) is 0 Å². The van der Waals surface area contributed by atoms with Crippen LogP contribution < -0.4 is 5.32 Å². The third-order valence-electron chi connectivity index (χ3n) is 4.34. The Bertz CT molecular complexity index is 574. The number of carbonyl (C=O) groups excluding carboxylic acids is 1. The molecule has 118 valence electrons. The number of furan rings is 1. The highest BCUT2D eigenvalue weighted by molar-refractivity contribution is 5.88. The predicted octanol–water partition coefficient (Wildman–Crippen LogP) is 3.19. The van der Waals surface area contributed by atoms with Crippen LogP contribution in [0.2, 0.25) is 0 Å². The topological polar surface area (TPSA) is 62.5 Å². The molecule has 1 aromatic heterocycles. The first-order valence-corrected chi connectivity index (χ1v) is 7.68. The van der Waals surface area contributed by atoms with Crippen LogP contribution in [-0.4, -0.2) is 17.6 Å². The second kappa shape index (κ2) is 7.27. The van der Waals surface area contributed by atoms with E-state index in [1.54, 1.807) is 12.1 Å². The second-order valence-corrected chi connectivity index (χ2v) is 5.38. The lowest BCUT2D eigenvalue weighted by molar-refractivity contribution is -0.128. The monoisotopic (exact) mass is 301 g/mol. The zero-order chi connectivity index (χ0) is 16.0. The number of aliphatic hydroxyl groups is 1. The molecule has 0 aliphatic carbocycles. The Morgan fingerprint density at radius 3 is 2.36 bits per heavy atom. The number of rotatable bonds is 7. The zero-order valence-corrected chi connectivity index (χ0v) is 13.1. The number of hydrogen-bond acceptors (Lipinski definition) is 3. The van der Waals surface area contributed by atoms with Gasteiger partial charge in [0.1, 0.15) is 11.8 Å². The molecule has 2 N–H and O–H groups in total. The van der Waals surface area contributed by atoms with Crippen LogP contribution in [0.1, 0.15) is 44.1 Å². The zero-order valence-electron chi connectivity index (χ0n) is 13.1. The Hall–Kier alpha value is -2.07. The highest BCUT2D eigenvalue weighted by Crippen LogP contribution is 2.32. The number of hydrogen-bond donors (Lipinski definition) is 2. The van der Waals surface area contributed by atoms with E-state index in [-0.39, 0.29) is 12.5 Å². The molecule has 4 heteroatoms. The first-order chi connectivity index (χ1) is 10.7. The third-order valence-corrected chi connectivity index (χ3v) is 4.34. The lowest BCUT2D eigenvalue weighted by Gasteiger charge is -2.32. The van der Waals surface area contributed by atoms with E-state index in [0.717, 1.165) is 5.56 Å². The SMILES string of the molecule is CCC(CC)(C(=O)NC(CO)c1ccco1)c1ccccc1. The van der Waals surface area contributed by atoms with Gasteiger partial charge in [0.15, 0.2) is 0 Å². The van der Waals surface area contributed by atoms with Crippen molar-refractivity contribution in [2.75, 3.05) is 6.61 Å². The standard InChI is InChI=1S/C18H23NO3/c1-3-18(4-2,14-9-6-5-7-10-14)17(21)19-15(13-20)16-11-8-12-22-16/h5-12,15,20H,3-4,13H2,1-2H3,(H,19,21). The van der Waals surface area contributed by atoms with Crippen LogP contribution >= 0.6 is 0 Å². The largest absolute Gasteiger partial charge is 0.467 e. The Labute approximate surface area is 131 Å². The fraction of sp³-hybridized carbons (Fsp3) is 0.389. The van der Waals surface area contributed by atoms with Crippen LogP contribution in [0.3, 0.4) is 0 Å². The highest BCUT2D eigenvalue weighted by atomic mass is 16.3. The van der Waals surface area contributed by atoms with Gasteiger partial charge in [-0.15, -0.1) is 0 Å². The molecule has 0 fully saturated rings. The van der Waals surface area contributed by atoms with Crippen molar-refractivity contribution in [1.82, 2.24) is 5.32 Å². The smallest absolute Gasteiger partial charge is 0.231 e. The first kappa shape index (κ1) is 16.3. The predicted molar refractivity (Wildman–Crippen MR) is 85.4 cm³/mol. The summed E-state index contributed by atoms with van der Waals surface area (Å²) in [6, 6.07) is 12.8. The van der Waals surface area contributed by atoms with Gasteiger partial charge in [-0.05, 0) is 30.5 Å².